The summed E-state index contributed by atoms with van der Waals surface area (Å²) in [5.41, 5.74) is 0.640. The molecule has 0 aliphatic carbocycles. The number of halogens is 2. The van der Waals surface area contributed by atoms with Crippen molar-refractivity contribution in [2.75, 3.05) is 56.2 Å². The standard InChI is InChI=1S/C17H25FN4O2S.HI/c1-19-17(20-12-14-6-11-25(23,24)13-14)22-9-7-21(8-10-22)16-5-3-2-4-15(16)18;/h2-5,14H,6-13H2,1H3,(H,19,20);1H. The van der Waals surface area contributed by atoms with Crippen molar-refractivity contribution in [3.05, 3.63) is 30.1 Å². The van der Waals surface area contributed by atoms with E-state index < -0.39 is 9.84 Å². The summed E-state index contributed by atoms with van der Waals surface area (Å²) in [5.74, 6) is 1.30. The number of piperazine rings is 1. The van der Waals surface area contributed by atoms with E-state index in [0.29, 0.717) is 24.4 Å². The van der Waals surface area contributed by atoms with Crippen LogP contribution in [0, 0.1) is 11.7 Å². The van der Waals surface area contributed by atoms with E-state index in [1.165, 1.54) is 6.07 Å². The Balaban J connectivity index is 0.00000243. The first-order chi connectivity index (χ1) is 12.0. The molecule has 146 valence electrons. The quantitative estimate of drug-likeness (QED) is 0.391. The van der Waals surface area contributed by atoms with Crippen LogP contribution in [0.5, 0.6) is 0 Å². The van der Waals surface area contributed by atoms with E-state index in [9.17, 15) is 12.8 Å². The number of anilines is 1. The summed E-state index contributed by atoms with van der Waals surface area (Å²) in [6.07, 6.45) is 0.716. The lowest BCUT2D eigenvalue weighted by Crippen LogP contribution is -2.53. The molecule has 0 spiro atoms. The topological polar surface area (TPSA) is 65.0 Å². The Kier molecular flexibility index (Phi) is 7.51. The number of sulfone groups is 1. The van der Waals surface area contributed by atoms with Gasteiger partial charge in [0.1, 0.15) is 5.82 Å². The van der Waals surface area contributed by atoms with Crippen molar-refractivity contribution in [1.82, 2.24) is 10.2 Å². The molecule has 1 N–H and O–H groups in total. The zero-order valence-electron chi connectivity index (χ0n) is 14.9. The van der Waals surface area contributed by atoms with E-state index in [-0.39, 0.29) is 41.5 Å². The Hall–Kier alpha value is -1.10. The smallest absolute Gasteiger partial charge is 0.193 e. The van der Waals surface area contributed by atoms with E-state index in [1.807, 2.05) is 11.0 Å². The van der Waals surface area contributed by atoms with Crippen LogP contribution in [0.4, 0.5) is 10.1 Å². The third kappa shape index (κ3) is 5.21. The number of hydrogen-bond donors (Lipinski definition) is 1. The van der Waals surface area contributed by atoms with Gasteiger partial charge in [0.2, 0.25) is 0 Å². The fourth-order valence-electron chi connectivity index (χ4n) is 3.47. The summed E-state index contributed by atoms with van der Waals surface area (Å²) in [6, 6.07) is 6.83. The van der Waals surface area contributed by atoms with Crippen molar-refractivity contribution in [3.8, 4) is 0 Å². The molecule has 2 aliphatic rings. The van der Waals surface area contributed by atoms with E-state index in [0.717, 1.165) is 32.1 Å². The third-order valence-corrected chi connectivity index (χ3v) is 6.70. The molecule has 6 nitrogen and oxygen atoms in total. The number of rotatable bonds is 3. The SMILES string of the molecule is CN=C(NCC1CCS(=O)(=O)C1)N1CCN(c2ccccc2F)CC1.I. The monoisotopic (exact) mass is 496 g/mol. The number of para-hydroxylation sites is 1. The Morgan fingerprint density at radius 2 is 1.96 bits per heavy atom. The number of hydrogen-bond acceptors (Lipinski definition) is 4. The molecule has 2 saturated heterocycles. The molecular formula is C17H26FIN4O2S. The molecule has 0 amide bonds. The summed E-state index contributed by atoms with van der Waals surface area (Å²) < 4.78 is 37.0. The molecule has 1 aromatic rings. The highest BCUT2D eigenvalue weighted by atomic mass is 127. The number of benzene rings is 1. The van der Waals surface area contributed by atoms with Gasteiger partial charge in [-0.2, -0.15) is 0 Å². The molecule has 1 atom stereocenters. The summed E-state index contributed by atoms with van der Waals surface area (Å²) in [4.78, 5) is 8.50. The van der Waals surface area contributed by atoms with Crippen LogP contribution in [-0.2, 0) is 9.84 Å². The number of guanidine groups is 1. The zero-order chi connectivity index (χ0) is 17.9. The van der Waals surface area contributed by atoms with Gasteiger partial charge >= 0.3 is 0 Å². The van der Waals surface area contributed by atoms with E-state index >= 15 is 0 Å². The number of nitrogens with zero attached hydrogens (tertiary/aromatic N) is 3. The van der Waals surface area contributed by atoms with E-state index in [1.54, 1.807) is 19.2 Å². The van der Waals surface area contributed by atoms with Gasteiger partial charge in [-0.1, -0.05) is 12.1 Å². The van der Waals surface area contributed by atoms with Gasteiger partial charge in [0.25, 0.3) is 0 Å². The van der Waals surface area contributed by atoms with Crippen LogP contribution in [0.15, 0.2) is 29.3 Å². The molecule has 0 bridgehead atoms. The minimum atomic E-state index is -2.85. The second-order valence-corrected chi connectivity index (χ2v) is 8.85. The molecule has 0 saturated carbocycles. The fraction of sp³-hybridized carbons (Fsp3) is 0.588. The molecule has 2 fully saturated rings. The van der Waals surface area contributed by atoms with Gasteiger partial charge < -0.3 is 15.1 Å². The fourth-order valence-corrected chi connectivity index (χ4v) is 5.33. The first kappa shape index (κ1) is 21.2. The molecule has 9 heteroatoms. The van der Waals surface area contributed by atoms with Crippen molar-refractivity contribution in [2.45, 2.75) is 6.42 Å². The highest BCUT2D eigenvalue weighted by Gasteiger charge is 2.28. The lowest BCUT2D eigenvalue weighted by molar-refractivity contribution is 0.367. The average Bonchev–Trinajstić information content (AvgIpc) is 2.95. The summed E-state index contributed by atoms with van der Waals surface area (Å²) in [6.45, 7) is 3.56. The first-order valence-corrected chi connectivity index (χ1v) is 10.5. The average molecular weight is 496 g/mol. The molecule has 0 aromatic heterocycles. The van der Waals surface area contributed by atoms with Crippen molar-refractivity contribution >= 4 is 45.5 Å². The van der Waals surface area contributed by atoms with Crippen molar-refractivity contribution in [1.29, 1.82) is 0 Å². The molecule has 26 heavy (non-hydrogen) atoms. The van der Waals surface area contributed by atoms with Crippen molar-refractivity contribution in [3.63, 3.8) is 0 Å². The highest BCUT2D eigenvalue weighted by molar-refractivity contribution is 14.0. The van der Waals surface area contributed by atoms with Crippen LogP contribution in [-0.4, -0.2) is 70.6 Å². The van der Waals surface area contributed by atoms with Crippen molar-refractivity contribution in [2.24, 2.45) is 10.9 Å². The highest BCUT2D eigenvalue weighted by Crippen LogP contribution is 2.20. The second-order valence-electron chi connectivity index (χ2n) is 6.62. The van der Waals surface area contributed by atoms with Crippen LogP contribution in [0.3, 0.4) is 0 Å². The maximum Gasteiger partial charge on any atom is 0.193 e. The van der Waals surface area contributed by atoms with Gasteiger partial charge in [-0.3, -0.25) is 4.99 Å². The van der Waals surface area contributed by atoms with Crippen LogP contribution < -0.4 is 10.2 Å². The van der Waals surface area contributed by atoms with Gasteiger partial charge in [-0.25, -0.2) is 12.8 Å². The molecule has 1 aromatic carbocycles. The molecule has 0 radical (unpaired) electrons. The minimum absolute atomic E-state index is 0. The molecule has 3 rings (SSSR count). The van der Waals surface area contributed by atoms with E-state index in [4.69, 9.17) is 0 Å². The van der Waals surface area contributed by atoms with Gasteiger partial charge in [0, 0.05) is 39.8 Å². The maximum absolute atomic E-state index is 13.9. The normalized spacial score (nSPS) is 22.8. The molecule has 2 heterocycles. The predicted molar refractivity (Wildman–Crippen MR) is 114 cm³/mol. The predicted octanol–water partition coefficient (Wildman–Crippen LogP) is 1.58. The largest absolute Gasteiger partial charge is 0.366 e. The Morgan fingerprint density at radius 3 is 2.54 bits per heavy atom. The number of aliphatic imine (C=N–C) groups is 1. The third-order valence-electron chi connectivity index (χ3n) is 4.86. The Bertz CT molecular complexity index is 736. The second kappa shape index (κ2) is 9.20. The lowest BCUT2D eigenvalue weighted by atomic mass is 10.1. The summed E-state index contributed by atoms with van der Waals surface area (Å²) in [5, 5.41) is 3.30. The Morgan fingerprint density at radius 1 is 1.27 bits per heavy atom. The summed E-state index contributed by atoms with van der Waals surface area (Å²) in [7, 11) is -1.12. The van der Waals surface area contributed by atoms with Gasteiger partial charge in [0.05, 0.1) is 17.2 Å². The minimum Gasteiger partial charge on any atom is -0.366 e. The maximum atomic E-state index is 13.9. The molecule has 2 aliphatic heterocycles. The lowest BCUT2D eigenvalue weighted by Gasteiger charge is -2.38. The first-order valence-electron chi connectivity index (χ1n) is 8.64. The van der Waals surface area contributed by atoms with Gasteiger partial charge in [-0.05, 0) is 24.5 Å². The van der Waals surface area contributed by atoms with E-state index in [2.05, 4.69) is 15.2 Å². The number of nitrogens with one attached hydrogen (secondary N) is 1. The summed E-state index contributed by atoms with van der Waals surface area (Å²) >= 11 is 0. The Labute approximate surface area is 171 Å². The van der Waals surface area contributed by atoms with Crippen LogP contribution in [0.1, 0.15) is 6.42 Å². The zero-order valence-corrected chi connectivity index (χ0v) is 18.0. The molecule has 1 unspecified atom stereocenters. The molecular weight excluding hydrogens is 470 g/mol. The van der Waals surface area contributed by atoms with Crippen LogP contribution >= 0.6 is 24.0 Å². The van der Waals surface area contributed by atoms with Gasteiger partial charge in [0.15, 0.2) is 15.8 Å². The van der Waals surface area contributed by atoms with Crippen molar-refractivity contribution < 1.29 is 12.8 Å². The van der Waals surface area contributed by atoms with Crippen LogP contribution in [0.25, 0.3) is 0 Å². The van der Waals surface area contributed by atoms with Crippen LogP contribution in [0.2, 0.25) is 0 Å². The van der Waals surface area contributed by atoms with Gasteiger partial charge in [-0.15, -0.1) is 24.0 Å².